The number of phenols is 1. The number of rotatable bonds is 4. The Morgan fingerprint density at radius 2 is 1.40 bits per heavy atom. The fraction of sp³-hybridized carbons (Fsp3) is 0.435. The number of hydrogen-bond donors (Lipinski definition) is 1. The summed E-state index contributed by atoms with van der Waals surface area (Å²) >= 11 is 0. The van der Waals surface area contributed by atoms with Gasteiger partial charge in [0, 0.05) is 11.8 Å². The lowest BCUT2D eigenvalue weighted by molar-refractivity contribution is 0.446. The SMILES string of the molecule is CC(C)c1cccc(C(C)C)c1N=Cc1cccc(C(C)(C)C)c1O. The minimum absolute atomic E-state index is 0.104. The molecule has 0 saturated heterocycles. The second-order valence-corrected chi connectivity index (χ2v) is 8.35. The van der Waals surface area contributed by atoms with Crippen molar-refractivity contribution >= 4 is 11.9 Å². The van der Waals surface area contributed by atoms with Gasteiger partial charge in [0.2, 0.25) is 0 Å². The van der Waals surface area contributed by atoms with Crippen LogP contribution in [0, 0.1) is 0 Å². The van der Waals surface area contributed by atoms with Crippen molar-refractivity contribution in [2.75, 3.05) is 0 Å². The van der Waals surface area contributed by atoms with Crippen LogP contribution in [-0.4, -0.2) is 11.3 Å². The fourth-order valence-electron chi connectivity index (χ4n) is 3.07. The van der Waals surface area contributed by atoms with Gasteiger partial charge in [-0.3, -0.25) is 4.99 Å². The predicted octanol–water partition coefficient (Wildman–Crippen LogP) is 6.69. The first-order chi connectivity index (χ1) is 11.6. The van der Waals surface area contributed by atoms with Crippen LogP contribution in [0.25, 0.3) is 0 Å². The number of benzene rings is 2. The lowest BCUT2D eigenvalue weighted by atomic mass is 9.85. The molecule has 0 aliphatic carbocycles. The van der Waals surface area contributed by atoms with Crippen LogP contribution in [0.2, 0.25) is 0 Å². The molecule has 0 bridgehead atoms. The normalized spacial score (nSPS) is 12.5. The molecule has 0 saturated carbocycles. The van der Waals surface area contributed by atoms with E-state index in [9.17, 15) is 5.11 Å². The van der Waals surface area contributed by atoms with Gasteiger partial charge in [0.25, 0.3) is 0 Å². The molecule has 0 aliphatic rings. The Bertz CT molecular complexity index is 738. The minimum atomic E-state index is -0.104. The first-order valence-corrected chi connectivity index (χ1v) is 9.12. The van der Waals surface area contributed by atoms with Crippen LogP contribution in [0.3, 0.4) is 0 Å². The molecule has 0 fully saturated rings. The van der Waals surface area contributed by atoms with E-state index in [0.29, 0.717) is 17.6 Å². The molecule has 2 nitrogen and oxygen atoms in total. The summed E-state index contributed by atoms with van der Waals surface area (Å²) in [5.41, 5.74) is 5.13. The predicted molar refractivity (Wildman–Crippen MR) is 109 cm³/mol. The number of hydrogen-bond acceptors (Lipinski definition) is 2. The lowest BCUT2D eigenvalue weighted by Crippen LogP contribution is -2.11. The molecule has 25 heavy (non-hydrogen) atoms. The molecule has 0 unspecified atom stereocenters. The summed E-state index contributed by atoms with van der Waals surface area (Å²) in [6, 6.07) is 12.3. The summed E-state index contributed by atoms with van der Waals surface area (Å²) in [6.45, 7) is 15.1. The molecule has 2 aromatic carbocycles. The van der Waals surface area contributed by atoms with Crippen LogP contribution in [-0.2, 0) is 5.41 Å². The van der Waals surface area contributed by atoms with Crippen molar-refractivity contribution in [3.05, 3.63) is 58.7 Å². The maximum absolute atomic E-state index is 10.7. The van der Waals surface area contributed by atoms with Gasteiger partial charge in [-0.25, -0.2) is 0 Å². The standard InChI is InChI=1S/C23H31NO/c1-15(2)18-11-9-12-19(16(3)4)21(18)24-14-17-10-8-13-20(22(17)25)23(5,6)7/h8-16,25H,1-7H3. The van der Waals surface area contributed by atoms with E-state index in [2.05, 4.69) is 66.7 Å². The van der Waals surface area contributed by atoms with Crippen LogP contribution in [0.15, 0.2) is 41.4 Å². The Morgan fingerprint density at radius 1 is 0.880 bits per heavy atom. The molecule has 2 aromatic rings. The highest BCUT2D eigenvalue weighted by Gasteiger charge is 2.19. The van der Waals surface area contributed by atoms with Crippen LogP contribution in [0.4, 0.5) is 5.69 Å². The first kappa shape index (κ1) is 19.2. The third-order valence-corrected chi connectivity index (χ3v) is 4.55. The third kappa shape index (κ3) is 4.31. The second kappa shape index (κ2) is 7.43. The van der Waals surface area contributed by atoms with Gasteiger partial charge in [-0.2, -0.15) is 0 Å². The van der Waals surface area contributed by atoms with Gasteiger partial charge < -0.3 is 5.11 Å². The van der Waals surface area contributed by atoms with E-state index in [1.165, 1.54) is 11.1 Å². The van der Waals surface area contributed by atoms with Crippen LogP contribution >= 0.6 is 0 Å². The summed E-state index contributed by atoms with van der Waals surface area (Å²) in [6.07, 6.45) is 1.80. The molecule has 0 heterocycles. The molecule has 134 valence electrons. The van der Waals surface area contributed by atoms with Crippen molar-refractivity contribution < 1.29 is 5.11 Å². The first-order valence-electron chi connectivity index (χ1n) is 9.12. The zero-order valence-corrected chi connectivity index (χ0v) is 16.6. The monoisotopic (exact) mass is 337 g/mol. The van der Waals surface area contributed by atoms with E-state index in [1.54, 1.807) is 6.21 Å². The second-order valence-electron chi connectivity index (χ2n) is 8.35. The maximum Gasteiger partial charge on any atom is 0.128 e. The molecular formula is C23H31NO. The summed E-state index contributed by atoms with van der Waals surface area (Å²) in [5.74, 6) is 1.13. The van der Waals surface area contributed by atoms with Crippen LogP contribution < -0.4 is 0 Å². The largest absolute Gasteiger partial charge is 0.507 e. The fourth-order valence-corrected chi connectivity index (χ4v) is 3.07. The average molecular weight is 338 g/mol. The van der Waals surface area contributed by atoms with E-state index in [0.717, 1.165) is 16.8 Å². The van der Waals surface area contributed by atoms with Crippen molar-refractivity contribution in [1.82, 2.24) is 0 Å². The van der Waals surface area contributed by atoms with Gasteiger partial charge in [-0.1, -0.05) is 78.8 Å². The Morgan fingerprint density at radius 3 is 1.88 bits per heavy atom. The number of aromatic hydroxyl groups is 1. The molecule has 0 radical (unpaired) electrons. The highest BCUT2D eigenvalue weighted by Crippen LogP contribution is 2.36. The Kier molecular flexibility index (Phi) is 5.72. The third-order valence-electron chi connectivity index (χ3n) is 4.55. The number of nitrogens with zero attached hydrogens (tertiary/aromatic N) is 1. The Hall–Kier alpha value is -2.09. The van der Waals surface area contributed by atoms with Gasteiger partial charge in [0.05, 0.1) is 5.69 Å². The summed E-state index contributed by atoms with van der Waals surface area (Å²) in [4.78, 5) is 4.82. The van der Waals surface area contributed by atoms with Gasteiger partial charge in [0.15, 0.2) is 0 Å². The zero-order chi connectivity index (χ0) is 18.8. The highest BCUT2D eigenvalue weighted by atomic mass is 16.3. The lowest BCUT2D eigenvalue weighted by Gasteiger charge is -2.21. The number of phenolic OH excluding ortho intramolecular Hbond substituents is 1. The quantitative estimate of drug-likeness (QED) is 0.619. The molecule has 0 atom stereocenters. The van der Waals surface area contributed by atoms with E-state index < -0.39 is 0 Å². The van der Waals surface area contributed by atoms with Gasteiger partial charge in [-0.05, 0) is 40.0 Å². The van der Waals surface area contributed by atoms with Gasteiger partial charge in [0.1, 0.15) is 5.75 Å². The molecule has 1 N–H and O–H groups in total. The number of aliphatic imine (C=N–C) groups is 1. The van der Waals surface area contributed by atoms with Crippen molar-refractivity contribution in [3.8, 4) is 5.75 Å². The van der Waals surface area contributed by atoms with Crippen molar-refractivity contribution in [1.29, 1.82) is 0 Å². The molecular weight excluding hydrogens is 306 g/mol. The van der Waals surface area contributed by atoms with Crippen molar-refractivity contribution in [3.63, 3.8) is 0 Å². The van der Waals surface area contributed by atoms with E-state index >= 15 is 0 Å². The average Bonchev–Trinajstić information content (AvgIpc) is 2.52. The van der Waals surface area contributed by atoms with Crippen molar-refractivity contribution in [2.24, 2.45) is 4.99 Å². The molecule has 0 spiro atoms. The van der Waals surface area contributed by atoms with Gasteiger partial charge in [-0.15, -0.1) is 0 Å². The van der Waals surface area contributed by atoms with Crippen LogP contribution in [0.1, 0.15) is 82.6 Å². The molecule has 2 heteroatoms. The van der Waals surface area contributed by atoms with Crippen molar-refractivity contribution in [2.45, 2.75) is 65.7 Å². The molecule has 2 rings (SSSR count). The topological polar surface area (TPSA) is 32.6 Å². The van der Waals surface area contributed by atoms with E-state index in [-0.39, 0.29) is 5.41 Å². The maximum atomic E-state index is 10.7. The Labute approximate surface area is 152 Å². The van der Waals surface area contributed by atoms with E-state index in [4.69, 9.17) is 4.99 Å². The van der Waals surface area contributed by atoms with Crippen LogP contribution in [0.5, 0.6) is 5.75 Å². The zero-order valence-electron chi connectivity index (χ0n) is 16.6. The summed E-state index contributed by atoms with van der Waals surface area (Å²) < 4.78 is 0. The Balaban J connectivity index is 2.54. The van der Waals surface area contributed by atoms with Gasteiger partial charge >= 0.3 is 0 Å². The molecule has 0 amide bonds. The summed E-state index contributed by atoms with van der Waals surface area (Å²) in [5, 5.41) is 10.7. The molecule has 0 aliphatic heterocycles. The summed E-state index contributed by atoms with van der Waals surface area (Å²) in [7, 11) is 0. The smallest absolute Gasteiger partial charge is 0.128 e. The highest BCUT2D eigenvalue weighted by molar-refractivity contribution is 5.87. The molecule has 0 aromatic heterocycles. The van der Waals surface area contributed by atoms with E-state index in [1.807, 2.05) is 18.2 Å². The number of para-hydroxylation sites is 2. The minimum Gasteiger partial charge on any atom is -0.507 e.